The number of carbonyl (C=O) groups is 5. The average molecular weight is 851 g/mol. The number of aryl methyl sites for hydroxylation is 1. The highest BCUT2D eigenvalue weighted by molar-refractivity contribution is 6.29. The number of esters is 5. The molecule has 19 heteroatoms. The van der Waals surface area contributed by atoms with Gasteiger partial charge in [0.1, 0.15) is 22.8 Å². The summed E-state index contributed by atoms with van der Waals surface area (Å²) in [5.74, 6) is -4.11. The van der Waals surface area contributed by atoms with Crippen LogP contribution in [0.25, 0.3) is 43.5 Å². The summed E-state index contributed by atoms with van der Waals surface area (Å²) in [7, 11) is 1.30. The molecule has 2 saturated heterocycles. The molecule has 4 heterocycles. The molecule has 0 amide bonds. The van der Waals surface area contributed by atoms with E-state index < -0.39 is 103 Å². The molecule has 7 rings (SSSR count). The third-order valence-electron chi connectivity index (χ3n) is 10.3. The van der Waals surface area contributed by atoms with Crippen LogP contribution >= 0.6 is 0 Å². The van der Waals surface area contributed by atoms with Gasteiger partial charge < -0.3 is 56.2 Å². The van der Waals surface area contributed by atoms with Crippen molar-refractivity contribution in [2.75, 3.05) is 7.11 Å². The van der Waals surface area contributed by atoms with Crippen LogP contribution in [0, 0.1) is 6.92 Å². The summed E-state index contributed by atoms with van der Waals surface area (Å²) in [5.41, 5.74) is -1.21. The summed E-state index contributed by atoms with van der Waals surface area (Å²) >= 11 is 0. The van der Waals surface area contributed by atoms with Crippen molar-refractivity contribution in [3.05, 3.63) is 56.7 Å². The van der Waals surface area contributed by atoms with Gasteiger partial charge in [-0.05, 0) is 38.5 Å². The van der Waals surface area contributed by atoms with Gasteiger partial charge >= 0.3 is 41.1 Å². The van der Waals surface area contributed by atoms with Crippen molar-refractivity contribution in [1.82, 2.24) is 0 Å². The van der Waals surface area contributed by atoms with E-state index in [0.29, 0.717) is 5.56 Å². The Labute approximate surface area is 345 Å². The van der Waals surface area contributed by atoms with E-state index in [4.69, 9.17) is 56.2 Å². The lowest BCUT2D eigenvalue weighted by Crippen LogP contribution is -2.66. The van der Waals surface area contributed by atoms with E-state index in [1.165, 1.54) is 45.2 Å². The molecule has 19 nitrogen and oxygen atoms in total. The van der Waals surface area contributed by atoms with Crippen molar-refractivity contribution in [1.29, 1.82) is 0 Å². The highest BCUT2D eigenvalue weighted by Gasteiger charge is 2.56. The summed E-state index contributed by atoms with van der Waals surface area (Å²) in [5, 5.41) is 0.407. The SMILES string of the molecule is CO[C@H]1[C@@H](OC(C)=O)[C@@H](C)O[C@H](O[C@H]2[C@H](Oc3cccc4c(OC(C)=O)c5c(=O)oc6ccc(C)c7c(=O)oc(c34)c5c67)O[C@H](C)[C@H](OC(C)=O)[C@@H]2OC(C)=O)[C@@H]1OC(C)=O. The second kappa shape index (κ2) is 16.7. The summed E-state index contributed by atoms with van der Waals surface area (Å²) in [4.78, 5) is 89.9. The lowest BCUT2D eigenvalue weighted by Gasteiger charge is -2.48. The molecule has 0 aliphatic carbocycles. The minimum atomic E-state index is -1.63. The predicted octanol–water partition coefficient (Wildman–Crippen LogP) is 3.87. The van der Waals surface area contributed by atoms with Crippen LogP contribution in [0.15, 0.2) is 48.8 Å². The Hall–Kier alpha value is -6.15. The van der Waals surface area contributed by atoms with Crippen LogP contribution < -0.4 is 20.7 Å². The second-order valence-electron chi connectivity index (χ2n) is 14.7. The van der Waals surface area contributed by atoms with Gasteiger partial charge in [-0.2, -0.15) is 0 Å². The average Bonchev–Trinajstić information content (AvgIpc) is 3.16. The van der Waals surface area contributed by atoms with Crippen LogP contribution in [0.3, 0.4) is 0 Å². The predicted molar refractivity (Wildman–Crippen MR) is 208 cm³/mol. The molecule has 0 bridgehead atoms. The van der Waals surface area contributed by atoms with Crippen LogP contribution in [-0.2, 0) is 61.9 Å². The number of rotatable bonds is 10. The fourth-order valence-electron chi connectivity index (χ4n) is 8.10. The van der Waals surface area contributed by atoms with E-state index in [1.54, 1.807) is 19.9 Å². The zero-order valence-corrected chi connectivity index (χ0v) is 34.4. The molecule has 3 aromatic carbocycles. The maximum absolute atomic E-state index is 13.8. The zero-order chi connectivity index (χ0) is 44.2. The molecule has 0 saturated carbocycles. The van der Waals surface area contributed by atoms with Crippen molar-refractivity contribution in [3.8, 4) is 11.5 Å². The van der Waals surface area contributed by atoms with Gasteiger partial charge in [-0.3, -0.25) is 24.0 Å². The minimum absolute atomic E-state index is 0.0452. The second-order valence-corrected chi connectivity index (χ2v) is 14.7. The summed E-state index contributed by atoms with van der Waals surface area (Å²) in [6.45, 7) is 10.5. The number of methoxy groups -OCH3 is 1. The molecule has 0 unspecified atom stereocenters. The van der Waals surface area contributed by atoms with Gasteiger partial charge in [0.05, 0.1) is 23.0 Å². The van der Waals surface area contributed by atoms with Crippen molar-refractivity contribution in [2.45, 2.75) is 117 Å². The highest BCUT2D eigenvalue weighted by atomic mass is 16.8. The Balaban J connectivity index is 1.44. The molecule has 2 aliphatic heterocycles. The van der Waals surface area contributed by atoms with E-state index in [2.05, 4.69) is 0 Å². The topological polar surface area (TPSA) is 238 Å². The maximum Gasteiger partial charge on any atom is 0.348 e. The van der Waals surface area contributed by atoms with Gasteiger partial charge in [-0.25, -0.2) is 9.59 Å². The van der Waals surface area contributed by atoms with Crippen molar-refractivity contribution >= 4 is 73.3 Å². The molecule has 2 aromatic heterocycles. The molecule has 2 aliphatic rings. The Morgan fingerprint density at radius 2 is 1.15 bits per heavy atom. The van der Waals surface area contributed by atoms with Gasteiger partial charge in [-0.15, -0.1) is 0 Å². The quantitative estimate of drug-likeness (QED) is 0.0484. The fourth-order valence-corrected chi connectivity index (χ4v) is 8.10. The lowest BCUT2D eigenvalue weighted by molar-refractivity contribution is -0.354. The van der Waals surface area contributed by atoms with Crippen LogP contribution in [0.4, 0.5) is 0 Å². The van der Waals surface area contributed by atoms with Gasteiger partial charge in [0.25, 0.3) is 0 Å². The Bertz CT molecular complexity index is 2680. The number of ether oxygens (including phenoxy) is 10. The van der Waals surface area contributed by atoms with Gasteiger partial charge in [-0.1, -0.05) is 18.2 Å². The monoisotopic (exact) mass is 850 g/mol. The number of carbonyl (C=O) groups excluding carboxylic acids is 5. The van der Waals surface area contributed by atoms with E-state index in [1.807, 2.05) is 0 Å². The van der Waals surface area contributed by atoms with Gasteiger partial charge in [0.15, 0.2) is 48.1 Å². The van der Waals surface area contributed by atoms with E-state index >= 15 is 0 Å². The van der Waals surface area contributed by atoms with Crippen molar-refractivity contribution in [2.24, 2.45) is 0 Å². The standard InChI is InChI=1S/C42H42O19/c1-15-13-14-25-28-26(15)39(48)60-34-27-23(33(55-20(6)45)30(29(28)34)40(49)58-25)11-10-12-24(27)59-41-38(36(56-21(7)46)32(17(3)51-41)54-19(5)44)61-42-37(57-22(8)47)35(50-9)31(16(2)52-42)53-18(4)43/h10-14,16-17,31-32,35-38,41-42H,1-9H3/t16-,17-,31+,32+,35+,36+,37-,38-,41+,42-/m1/s1. The van der Waals surface area contributed by atoms with E-state index in [9.17, 15) is 33.6 Å². The Kier molecular flexibility index (Phi) is 11.8. The molecular formula is C42H42O19. The van der Waals surface area contributed by atoms with Crippen LogP contribution in [0.2, 0.25) is 0 Å². The van der Waals surface area contributed by atoms with Gasteiger partial charge in [0, 0.05) is 57.9 Å². The van der Waals surface area contributed by atoms with Crippen molar-refractivity contribution in [3.63, 3.8) is 0 Å². The highest BCUT2D eigenvalue weighted by Crippen LogP contribution is 2.46. The van der Waals surface area contributed by atoms with Crippen LogP contribution in [-0.4, -0.2) is 98.4 Å². The number of benzene rings is 3. The Morgan fingerprint density at radius 1 is 0.574 bits per heavy atom. The third-order valence-corrected chi connectivity index (χ3v) is 10.3. The van der Waals surface area contributed by atoms with Crippen LogP contribution in [0.1, 0.15) is 54.0 Å². The smallest absolute Gasteiger partial charge is 0.348 e. The maximum atomic E-state index is 13.8. The molecule has 324 valence electrons. The number of hydrogen-bond donors (Lipinski definition) is 0. The first-order chi connectivity index (χ1) is 28.9. The molecule has 0 radical (unpaired) electrons. The largest absolute Gasteiger partial charge is 0.461 e. The number of fused-ring (bicyclic) bond motifs is 2. The normalized spacial score (nSPS) is 26.6. The van der Waals surface area contributed by atoms with Crippen molar-refractivity contribution < 1.29 is 80.2 Å². The first-order valence-corrected chi connectivity index (χ1v) is 19.1. The Morgan fingerprint density at radius 3 is 1.75 bits per heavy atom. The molecule has 0 spiro atoms. The lowest BCUT2D eigenvalue weighted by atomic mass is 9.95. The first-order valence-electron chi connectivity index (χ1n) is 19.1. The van der Waals surface area contributed by atoms with E-state index in [0.717, 1.165) is 27.7 Å². The summed E-state index contributed by atoms with van der Waals surface area (Å²) < 4.78 is 71.2. The first kappa shape index (κ1) is 43.0. The molecule has 2 fully saturated rings. The molecular weight excluding hydrogens is 808 g/mol. The van der Waals surface area contributed by atoms with Gasteiger partial charge in [0.2, 0.25) is 6.29 Å². The molecule has 10 atom stereocenters. The number of hydrogen-bond acceptors (Lipinski definition) is 19. The summed E-state index contributed by atoms with van der Waals surface area (Å²) in [6.07, 6.45) is -13.3. The van der Waals surface area contributed by atoms with Crippen LogP contribution in [0.5, 0.6) is 11.5 Å². The van der Waals surface area contributed by atoms with E-state index in [-0.39, 0.29) is 55.0 Å². The molecule has 0 N–H and O–H groups in total. The molecule has 61 heavy (non-hydrogen) atoms. The minimum Gasteiger partial charge on any atom is -0.461 e. The summed E-state index contributed by atoms with van der Waals surface area (Å²) in [6, 6.07) is 7.60. The molecule has 5 aromatic rings. The zero-order valence-electron chi connectivity index (χ0n) is 34.4. The third kappa shape index (κ3) is 7.96. The fraction of sp³-hybridized carbons (Fsp3) is 0.452.